The van der Waals surface area contributed by atoms with Gasteiger partial charge in [0.05, 0.1) is 37.1 Å². The van der Waals surface area contributed by atoms with E-state index in [1.807, 2.05) is 80.8 Å². The van der Waals surface area contributed by atoms with Gasteiger partial charge in [-0.25, -0.2) is 0 Å². The number of methoxy groups -OCH3 is 1. The molecule has 1 amide bonds. The maximum absolute atomic E-state index is 14.3. The van der Waals surface area contributed by atoms with Gasteiger partial charge in [-0.2, -0.15) is 0 Å². The summed E-state index contributed by atoms with van der Waals surface area (Å²) in [6.07, 6.45) is 3.60. The van der Waals surface area contributed by atoms with E-state index in [9.17, 15) is 19.5 Å². The molecule has 2 aliphatic rings. The topological polar surface area (TPSA) is 127 Å². The van der Waals surface area contributed by atoms with E-state index < -0.39 is 13.9 Å². The molecule has 0 radical (unpaired) electrons. The number of hydrogen-bond donors (Lipinski definition) is 2. The third kappa shape index (κ3) is 5.91. The SMILES string of the molecule is COC(=O)CCCCN1C(=O)[C@@]2(O[C@@H](CCn3cc(C(CO)c4ccccc4)nn3)[C@H]([Si](C)(C)O)[C@H]2C)c2ccccc21. The summed E-state index contributed by atoms with van der Waals surface area (Å²) in [7, 11) is -1.41. The van der Waals surface area contributed by atoms with E-state index in [0.29, 0.717) is 44.5 Å². The fourth-order valence-electron chi connectivity index (χ4n) is 7.06. The van der Waals surface area contributed by atoms with Gasteiger partial charge in [0.2, 0.25) is 0 Å². The number of carbonyl (C=O) groups excluding carboxylic acids is 2. The third-order valence-electron chi connectivity index (χ3n) is 9.07. The van der Waals surface area contributed by atoms with Crippen LogP contribution in [-0.2, 0) is 31.2 Å². The van der Waals surface area contributed by atoms with Crippen molar-refractivity contribution in [3.63, 3.8) is 0 Å². The lowest BCUT2D eigenvalue weighted by Gasteiger charge is -2.32. The van der Waals surface area contributed by atoms with Crippen molar-refractivity contribution in [2.75, 3.05) is 25.2 Å². The number of amides is 1. The van der Waals surface area contributed by atoms with E-state index in [0.717, 1.165) is 16.8 Å². The van der Waals surface area contributed by atoms with Crippen molar-refractivity contribution in [2.45, 2.75) is 75.4 Å². The molecule has 5 rings (SSSR count). The molecule has 1 unspecified atom stereocenters. The van der Waals surface area contributed by atoms with E-state index >= 15 is 0 Å². The Hall–Kier alpha value is -3.38. The number of aryl methyl sites for hydroxylation is 1. The summed E-state index contributed by atoms with van der Waals surface area (Å²) in [4.78, 5) is 39.2. The first-order valence-corrected chi connectivity index (χ1v) is 18.1. The van der Waals surface area contributed by atoms with Crippen LogP contribution >= 0.6 is 0 Å². The first kappa shape index (κ1) is 31.1. The summed E-state index contributed by atoms with van der Waals surface area (Å²) in [5.74, 6) is -0.892. The van der Waals surface area contributed by atoms with Crippen LogP contribution in [0.2, 0.25) is 18.6 Å². The molecule has 1 aromatic heterocycles. The average molecular weight is 607 g/mol. The molecular weight excluding hydrogens is 564 g/mol. The molecule has 1 spiro atoms. The van der Waals surface area contributed by atoms with E-state index in [4.69, 9.17) is 9.47 Å². The summed E-state index contributed by atoms with van der Waals surface area (Å²) in [5, 5.41) is 18.7. The van der Waals surface area contributed by atoms with Gasteiger partial charge in [0.15, 0.2) is 13.9 Å². The fraction of sp³-hybridized carbons (Fsp3) is 0.500. The number of rotatable bonds is 12. The van der Waals surface area contributed by atoms with Gasteiger partial charge < -0.3 is 24.3 Å². The number of ether oxygens (including phenoxy) is 2. The van der Waals surface area contributed by atoms with Gasteiger partial charge in [0, 0.05) is 42.7 Å². The number of esters is 1. The molecule has 5 atom stereocenters. The second-order valence-electron chi connectivity index (χ2n) is 12.2. The molecule has 11 heteroatoms. The molecule has 2 aromatic carbocycles. The molecule has 0 bridgehead atoms. The van der Waals surface area contributed by atoms with Crippen molar-refractivity contribution >= 4 is 25.9 Å². The molecule has 2 N–H and O–H groups in total. The van der Waals surface area contributed by atoms with Crippen molar-refractivity contribution in [1.29, 1.82) is 0 Å². The van der Waals surface area contributed by atoms with Crippen LogP contribution in [0, 0.1) is 5.92 Å². The molecular formula is C32H42N4O6Si. The van der Waals surface area contributed by atoms with Gasteiger partial charge in [-0.15, -0.1) is 5.10 Å². The molecule has 2 aliphatic heterocycles. The Labute approximate surface area is 253 Å². The van der Waals surface area contributed by atoms with Crippen LogP contribution in [0.15, 0.2) is 60.8 Å². The van der Waals surface area contributed by atoms with Crippen molar-refractivity contribution in [3.8, 4) is 0 Å². The number of aliphatic hydroxyl groups excluding tert-OH is 1. The van der Waals surface area contributed by atoms with Crippen LogP contribution in [0.1, 0.15) is 55.3 Å². The van der Waals surface area contributed by atoms with Crippen LogP contribution < -0.4 is 4.90 Å². The minimum absolute atomic E-state index is 0.0818. The molecule has 0 saturated carbocycles. The number of aromatic nitrogens is 3. The number of aliphatic hydroxyl groups is 1. The largest absolute Gasteiger partial charge is 0.469 e. The van der Waals surface area contributed by atoms with Crippen LogP contribution in [0.25, 0.3) is 0 Å². The van der Waals surface area contributed by atoms with Crippen LogP contribution in [0.4, 0.5) is 5.69 Å². The zero-order valence-corrected chi connectivity index (χ0v) is 26.3. The van der Waals surface area contributed by atoms with E-state index in [1.54, 1.807) is 9.58 Å². The quantitative estimate of drug-likeness (QED) is 0.180. The number of anilines is 1. The van der Waals surface area contributed by atoms with Gasteiger partial charge in [-0.3, -0.25) is 14.3 Å². The Morgan fingerprint density at radius 3 is 2.53 bits per heavy atom. The molecule has 1 saturated heterocycles. The highest BCUT2D eigenvalue weighted by Gasteiger charge is 2.65. The Bertz CT molecular complexity index is 1430. The van der Waals surface area contributed by atoms with Gasteiger partial charge in [0.25, 0.3) is 5.91 Å². The minimum Gasteiger partial charge on any atom is -0.469 e. The zero-order valence-electron chi connectivity index (χ0n) is 25.3. The van der Waals surface area contributed by atoms with Crippen molar-refractivity contribution in [2.24, 2.45) is 5.92 Å². The monoisotopic (exact) mass is 606 g/mol. The maximum Gasteiger partial charge on any atom is 0.305 e. The lowest BCUT2D eigenvalue weighted by molar-refractivity contribution is -0.146. The Morgan fingerprint density at radius 2 is 1.84 bits per heavy atom. The molecule has 3 aromatic rings. The van der Waals surface area contributed by atoms with E-state index in [1.165, 1.54) is 7.11 Å². The summed E-state index contributed by atoms with van der Waals surface area (Å²) < 4.78 is 13.4. The number of fused-ring (bicyclic) bond motifs is 2. The molecule has 3 heterocycles. The second kappa shape index (κ2) is 12.7. The molecule has 43 heavy (non-hydrogen) atoms. The maximum atomic E-state index is 14.3. The predicted molar refractivity (Wildman–Crippen MR) is 164 cm³/mol. The third-order valence-corrected chi connectivity index (χ3v) is 11.6. The van der Waals surface area contributed by atoms with Crippen LogP contribution in [0.3, 0.4) is 0 Å². The number of benzene rings is 2. The van der Waals surface area contributed by atoms with Crippen molar-refractivity contribution in [1.82, 2.24) is 15.0 Å². The fourth-order valence-corrected chi connectivity index (χ4v) is 9.66. The Balaban J connectivity index is 1.37. The highest BCUT2D eigenvalue weighted by atomic mass is 28.4. The number of nitrogens with zero attached hydrogens (tertiary/aromatic N) is 4. The number of carbonyl (C=O) groups is 2. The van der Waals surface area contributed by atoms with Gasteiger partial charge >= 0.3 is 5.97 Å². The Morgan fingerprint density at radius 1 is 1.12 bits per heavy atom. The van der Waals surface area contributed by atoms with Crippen molar-refractivity contribution < 1.29 is 29.0 Å². The normalized spacial score (nSPS) is 24.0. The molecule has 10 nitrogen and oxygen atoms in total. The first-order chi connectivity index (χ1) is 20.6. The van der Waals surface area contributed by atoms with Gasteiger partial charge in [-0.05, 0) is 44.0 Å². The number of hydrogen-bond acceptors (Lipinski definition) is 8. The molecule has 0 aliphatic carbocycles. The summed E-state index contributed by atoms with van der Waals surface area (Å²) in [6, 6.07) is 17.5. The lowest BCUT2D eigenvalue weighted by Crippen LogP contribution is -2.46. The molecule has 230 valence electrons. The van der Waals surface area contributed by atoms with Crippen LogP contribution in [-0.4, -0.2) is 71.5 Å². The van der Waals surface area contributed by atoms with E-state index in [2.05, 4.69) is 10.3 Å². The standard InChI is InChI=1S/C32H42N4O6Si/c1-22-30(43(3,4)40)28(17-19-35-20-26(33-34-35)24(21-37)23-12-6-5-7-13-23)42-32(22)25-14-8-9-15-27(25)36(31(32)39)18-11-10-16-29(38)41-2/h5-9,12-15,20,22,24,28,30,37,40H,10-11,16-19,21H2,1-4H3/t22-,24?,28+,30-,32+/m1/s1. The predicted octanol–water partition coefficient (Wildman–Crippen LogP) is 3.98. The van der Waals surface area contributed by atoms with E-state index in [-0.39, 0.29) is 42.0 Å². The smallest absolute Gasteiger partial charge is 0.305 e. The number of para-hydroxylation sites is 1. The second-order valence-corrected chi connectivity index (χ2v) is 16.2. The van der Waals surface area contributed by atoms with Crippen LogP contribution in [0.5, 0.6) is 0 Å². The summed E-state index contributed by atoms with van der Waals surface area (Å²) in [6.45, 7) is 6.74. The Kier molecular flexibility index (Phi) is 9.17. The minimum atomic E-state index is -2.79. The van der Waals surface area contributed by atoms with Gasteiger partial charge in [-0.1, -0.05) is 60.7 Å². The highest BCUT2D eigenvalue weighted by molar-refractivity contribution is 6.71. The summed E-state index contributed by atoms with van der Waals surface area (Å²) >= 11 is 0. The average Bonchev–Trinajstić information content (AvgIpc) is 3.65. The molecule has 1 fully saturated rings. The lowest BCUT2D eigenvalue weighted by atomic mass is 9.82. The first-order valence-electron chi connectivity index (χ1n) is 15.1. The highest BCUT2D eigenvalue weighted by Crippen LogP contribution is 2.59. The summed E-state index contributed by atoms with van der Waals surface area (Å²) in [5.41, 5.74) is 1.93. The van der Waals surface area contributed by atoms with Crippen molar-refractivity contribution in [3.05, 3.63) is 77.6 Å². The van der Waals surface area contributed by atoms with Gasteiger partial charge in [0.1, 0.15) is 0 Å². The zero-order chi connectivity index (χ0) is 30.8. The number of unbranched alkanes of at least 4 members (excludes halogenated alkanes) is 1.